The Bertz CT molecular complexity index is 961. The van der Waals surface area contributed by atoms with Gasteiger partial charge in [-0.15, -0.1) is 0 Å². The minimum atomic E-state index is -0.819. The van der Waals surface area contributed by atoms with Crippen LogP contribution >= 0.6 is 0 Å². The molecular weight excluding hydrogens is 462 g/mol. The number of fused-ring (bicyclic) bond motifs is 1. The molecule has 0 aliphatic heterocycles. The zero-order valence-electron chi connectivity index (χ0n) is 21.6. The minimum Gasteiger partial charge on any atom is -0.381 e. The van der Waals surface area contributed by atoms with Crippen molar-refractivity contribution in [2.45, 2.75) is 52.0 Å². The lowest BCUT2D eigenvalue weighted by Gasteiger charge is -2.23. The Morgan fingerprint density at radius 1 is 1.06 bits per heavy atom. The van der Waals surface area contributed by atoms with Crippen molar-refractivity contribution in [2.75, 3.05) is 33.4 Å². The number of rotatable bonds is 17. The van der Waals surface area contributed by atoms with Gasteiger partial charge in [-0.3, -0.25) is 19.6 Å². The van der Waals surface area contributed by atoms with Crippen LogP contribution in [0.2, 0.25) is 0 Å². The molecule has 0 saturated carbocycles. The SMILES string of the molecule is CNCCCOCCCNC(=O)C(Cc1c[nH]c2ccccc12)NC(=O)[C@@H](CC(=O)NO)CC(C)C. The maximum Gasteiger partial charge on any atom is 0.244 e. The molecule has 0 aliphatic rings. The molecule has 10 nitrogen and oxygen atoms in total. The summed E-state index contributed by atoms with van der Waals surface area (Å²) in [5, 5.41) is 18.8. The summed E-state index contributed by atoms with van der Waals surface area (Å²) >= 11 is 0. The Morgan fingerprint density at radius 3 is 2.47 bits per heavy atom. The maximum atomic E-state index is 13.2. The fourth-order valence-electron chi connectivity index (χ4n) is 4.10. The second-order valence-electron chi connectivity index (χ2n) is 9.40. The van der Waals surface area contributed by atoms with Crippen LogP contribution in [0.4, 0.5) is 0 Å². The van der Waals surface area contributed by atoms with Gasteiger partial charge in [0.1, 0.15) is 6.04 Å². The average molecular weight is 504 g/mol. The topological polar surface area (TPSA) is 145 Å². The lowest BCUT2D eigenvalue weighted by atomic mass is 9.92. The van der Waals surface area contributed by atoms with E-state index in [4.69, 9.17) is 9.94 Å². The molecule has 1 heterocycles. The van der Waals surface area contributed by atoms with Crippen molar-refractivity contribution in [1.82, 2.24) is 26.4 Å². The number of para-hydroxylation sites is 1. The van der Waals surface area contributed by atoms with Gasteiger partial charge < -0.3 is 25.7 Å². The Balaban J connectivity index is 2.06. The van der Waals surface area contributed by atoms with Crippen molar-refractivity contribution in [3.05, 3.63) is 36.0 Å². The van der Waals surface area contributed by atoms with Gasteiger partial charge in [0.2, 0.25) is 17.7 Å². The van der Waals surface area contributed by atoms with Gasteiger partial charge in [0, 0.05) is 55.6 Å². The molecule has 0 spiro atoms. The normalized spacial score (nSPS) is 12.9. The number of amides is 3. The highest BCUT2D eigenvalue weighted by Crippen LogP contribution is 2.20. The summed E-state index contributed by atoms with van der Waals surface area (Å²) in [6.07, 6.45) is 4.02. The predicted octanol–water partition coefficient (Wildman–Crippen LogP) is 1.89. The molecule has 2 aromatic rings. The Hall–Kier alpha value is -2.95. The maximum absolute atomic E-state index is 13.2. The van der Waals surface area contributed by atoms with Crippen molar-refractivity contribution in [2.24, 2.45) is 11.8 Å². The summed E-state index contributed by atoms with van der Waals surface area (Å²) in [6, 6.07) is 6.96. The Labute approximate surface area is 212 Å². The zero-order chi connectivity index (χ0) is 26.3. The van der Waals surface area contributed by atoms with Gasteiger partial charge in [-0.1, -0.05) is 32.0 Å². The number of carbonyl (C=O) groups is 3. The van der Waals surface area contributed by atoms with Crippen LogP contribution in [-0.4, -0.2) is 67.3 Å². The van der Waals surface area contributed by atoms with Gasteiger partial charge in [0.25, 0.3) is 0 Å². The number of nitrogens with one attached hydrogen (secondary N) is 5. The van der Waals surface area contributed by atoms with E-state index in [-0.39, 0.29) is 24.2 Å². The first-order valence-corrected chi connectivity index (χ1v) is 12.6. The second kappa shape index (κ2) is 15.9. The average Bonchev–Trinajstić information content (AvgIpc) is 3.27. The van der Waals surface area contributed by atoms with Gasteiger partial charge >= 0.3 is 0 Å². The number of hydrogen-bond acceptors (Lipinski definition) is 6. The van der Waals surface area contributed by atoms with E-state index in [2.05, 4.69) is 20.9 Å². The molecule has 1 aromatic carbocycles. The zero-order valence-corrected chi connectivity index (χ0v) is 21.6. The first-order chi connectivity index (χ1) is 17.3. The third-order valence-corrected chi connectivity index (χ3v) is 5.90. The number of hydrogen-bond donors (Lipinski definition) is 6. The van der Waals surface area contributed by atoms with Crippen LogP contribution in [0.25, 0.3) is 10.9 Å². The monoisotopic (exact) mass is 503 g/mol. The molecule has 1 aromatic heterocycles. The first kappa shape index (κ1) is 29.3. The van der Waals surface area contributed by atoms with Crippen molar-refractivity contribution in [3.8, 4) is 0 Å². The largest absolute Gasteiger partial charge is 0.381 e. The van der Waals surface area contributed by atoms with E-state index >= 15 is 0 Å². The second-order valence-corrected chi connectivity index (χ2v) is 9.40. The minimum absolute atomic E-state index is 0.154. The van der Waals surface area contributed by atoms with Gasteiger partial charge in [-0.05, 0) is 50.4 Å². The van der Waals surface area contributed by atoms with Crippen molar-refractivity contribution < 1.29 is 24.3 Å². The molecule has 6 N–H and O–H groups in total. The number of aromatic nitrogens is 1. The van der Waals surface area contributed by atoms with E-state index in [9.17, 15) is 14.4 Å². The third-order valence-electron chi connectivity index (χ3n) is 5.90. The third kappa shape index (κ3) is 9.96. The van der Waals surface area contributed by atoms with E-state index in [1.165, 1.54) is 0 Å². The van der Waals surface area contributed by atoms with E-state index < -0.39 is 17.9 Å². The number of benzene rings is 1. The molecule has 2 atom stereocenters. The number of aromatic amines is 1. The van der Waals surface area contributed by atoms with Crippen molar-refractivity contribution >= 4 is 28.6 Å². The molecule has 0 saturated heterocycles. The molecule has 0 aliphatic carbocycles. The number of hydroxylamine groups is 1. The highest BCUT2D eigenvalue weighted by atomic mass is 16.5. The molecule has 0 bridgehead atoms. The fraction of sp³-hybridized carbons (Fsp3) is 0.577. The summed E-state index contributed by atoms with van der Waals surface area (Å²) in [6.45, 7) is 6.42. The quantitative estimate of drug-likeness (QED) is 0.110. The van der Waals surface area contributed by atoms with Gasteiger partial charge in [0.15, 0.2) is 0 Å². The number of H-pyrrole nitrogens is 1. The lowest BCUT2D eigenvalue weighted by Crippen LogP contribution is -2.50. The van der Waals surface area contributed by atoms with Gasteiger partial charge in [-0.25, -0.2) is 5.48 Å². The summed E-state index contributed by atoms with van der Waals surface area (Å²) in [5.74, 6) is -1.83. The lowest BCUT2D eigenvalue weighted by molar-refractivity contribution is -0.136. The summed E-state index contributed by atoms with van der Waals surface area (Å²) in [7, 11) is 1.90. The molecule has 0 fully saturated rings. The van der Waals surface area contributed by atoms with Gasteiger partial charge in [-0.2, -0.15) is 0 Å². The molecule has 10 heteroatoms. The first-order valence-electron chi connectivity index (χ1n) is 12.6. The molecular formula is C26H41N5O5. The fourth-order valence-corrected chi connectivity index (χ4v) is 4.10. The smallest absolute Gasteiger partial charge is 0.244 e. The molecule has 200 valence electrons. The van der Waals surface area contributed by atoms with E-state index in [0.717, 1.165) is 29.4 Å². The van der Waals surface area contributed by atoms with E-state index in [1.54, 1.807) is 5.48 Å². The molecule has 3 amide bonds. The van der Waals surface area contributed by atoms with Crippen LogP contribution in [-0.2, 0) is 25.5 Å². The van der Waals surface area contributed by atoms with Crippen molar-refractivity contribution in [3.63, 3.8) is 0 Å². The molecule has 36 heavy (non-hydrogen) atoms. The van der Waals surface area contributed by atoms with Gasteiger partial charge in [0.05, 0.1) is 0 Å². The van der Waals surface area contributed by atoms with E-state index in [1.807, 2.05) is 51.4 Å². The summed E-state index contributed by atoms with van der Waals surface area (Å²) < 4.78 is 5.57. The molecule has 2 rings (SSSR count). The highest BCUT2D eigenvalue weighted by Gasteiger charge is 2.28. The van der Waals surface area contributed by atoms with Crippen LogP contribution in [0.15, 0.2) is 30.5 Å². The predicted molar refractivity (Wildman–Crippen MR) is 138 cm³/mol. The Morgan fingerprint density at radius 2 is 1.78 bits per heavy atom. The summed E-state index contributed by atoms with van der Waals surface area (Å²) in [4.78, 5) is 41.3. The summed E-state index contributed by atoms with van der Waals surface area (Å²) in [5.41, 5.74) is 3.45. The number of carbonyl (C=O) groups excluding carboxylic acids is 3. The van der Waals surface area contributed by atoms with Crippen LogP contribution < -0.4 is 21.4 Å². The van der Waals surface area contributed by atoms with Crippen LogP contribution in [0.3, 0.4) is 0 Å². The van der Waals surface area contributed by atoms with E-state index in [0.29, 0.717) is 39.0 Å². The molecule has 1 unspecified atom stereocenters. The number of ether oxygens (including phenoxy) is 1. The molecule has 0 radical (unpaired) electrons. The highest BCUT2D eigenvalue weighted by molar-refractivity contribution is 5.91. The standard InChI is InChI=1S/C26H41N5O5/c1-18(2)14-19(16-24(32)31-35)25(33)30-23(15-20-17-29-22-9-5-4-8-21(20)22)26(34)28-11-7-13-36-12-6-10-27-3/h4-5,8-9,17-19,23,27,29,35H,6-7,10-16H2,1-3H3,(H,28,34)(H,30,33)(H,31,32)/t19-,23?/m1/s1. The Kier molecular flexibility index (Phi) is 13.0. The van der Waals surface area contributed by atoms with Crippen LogP contribution in [0, 0.1) is 11.8 Å². The van der Waals surface area contributed by atoms with Crippen LogP contribution in [0.5, 0.6) is 0 Å². The van der Waals surface area contributed by atoms with Crippen molar-refractivity contribution in [1.29, 1.82) is 0 Å². The van der Waals surface area contributed by atoms with Crippen LogP contribution in [0.1, 0.15) is 45.1 Å².